The van der Waals surface area contributed by atoms with Gasteiger partial charge in [-0.05, 0) is 43.0 Å². The maximum atomic E-state index is 12.1. The minimum absolute atomic E-state index is 0.0858. The summed E-state index contributed by atoms with van der Waals surface area (Å²) < 4.78 is 0. The minimum Gasteiger partial charge on any atom is -0.273 e. The van der Waals surface area contributed by atoms with Gasteiger partial charge < -0.3 is 0 Å². The van der Waals surface area contributed by atoms with Crippen molar-refractivity contribution >= 4 is 23.0 Å². The monoisotopic (exact) mass is 302 g/mol. The summed E-state index contributed by atoms with van der Waals surface area (Å²) in [5, 5.41) is 8.73. The average molecular weight is 302 g/mol. The highest BCUT2D eigenvalue weighted by atomic mass is 32.1. The number of hydrogen-bond acceptors (Lipinski definition) is 3. The van der Waals surface area contributed by atoms with Gasteiger partial charge >= 0.3 is 0 Å². The molecule has 0 radical (unpaired) electrons. The first kappa shape index (κ1) is 13.5. The molecule has 0 N–H and O–H groups in total. The number of nitrogens with zero attached hydrogens (tertiary/aromatic N) is 2. The Morgan fingerprint density at radius 1 is 1.24 bits per heavy atom. The molecule has 1 amide bonds. The van der Waals surface area contributed by atoms with E-state index in [4.69, 9.17) is 5.10 Å². The summed E-state index contributed by atoms with van der Waals surface area (Å²) in [6, 6.07) is 4.42. The summed E-state index contributed by atoms with van der Waals surface area (Å²) >= 11 is 1.76. The highest BCUT2D eigenvalue weighted by Gasteiger charge is 2.48. The summed E-state index contributed by atoms with van der Waals surface area (Å²) in [6.45, 7) is 1.65. The maximum Gasteiger partial charge on any atom is 0.240 e. The van der Waals surface area contributed by atoms with Crippen LogP contribution in [0, 0.1) is 17.8 Å². The molecule has 0 saturated heterocycles. The first-order valence-electron chi connectivity index (χ1n) is 8.17. The fourth-order valence-electron chi connectivity index (χ4n) is 4.63. The maximum absolute atomic E-state index is 12.1. The fourth-order valence-corrected chi connectivity index (χ4v) is 5.50. The molecule has 112 valence electrons. The van der Waals surface area contributed by atoms with Crippen molar-refractivity contribution in [3.8, 4) is 0 Å². The van der Waals surface area contributed by atoms with Crippen LogP contribution in [0.5, 0.6) is 0 Å². The molecule has 1 aromatic rings. The molecular formula is C17H22N2OS. The minimum atomic E-state index is 0.0858. The van der Waals surface area contributed by atoms with E-state index >= 15 is 0 Å². The second-order valence-corrected chi connectivity index (χ2v) is 7.66. The summed E-state index contributed by atoms with van der Waals surface area (Å²) in [7, 11) is 0. The predicted molar refractivity (Wildman–Crippen MR) is 85.2 cm³/mol. The third-order valence-electron chi connectivity index (χ3n) is 5.54. The Labute approximate surface area is 130 Å². The molecule has 4 rings (SSSR count). The summed E-state index contributed by atoms with van der Waals surface area (Å²) in [6.07, 6.45) is 7.87. The summed E-state index contributed by atoms with van der Waals surface area (Å²) in [5.41, 5.74) is 1.35. The number of hydrazone groups is 1. The molecule has 1 aliphatic heterocycles. The standard InChI is InChI=1S/C17H22N2OS/c1-11(20)19-17(15-7-4-10-21-15)14-9-8-12-5-2-3-6-13(12)16(14)18-19/h4,7,10,12-14,17H,2-3,5-6,8-9H2,1H3. The van der Waals surface area contributed by atoms with Crippen molar-refractivity contribution in [3.63, 3.8) is 0 Å². The van der Waals surface area contributed by atoms with Gasteiger partial charge in [-0.25, -0.2) is 5.01 Å². The summed E-state index contributed by atoms with van der Waals surface area (Å²) in [4.78, 5) is 13.4. The van der Waals surface area contributed by atoms with E-state index in [1.165, 1.54) is 49.1 Å². The molecule has 1 aromatic heterocycles. The molecule has 4 heteroatoms. The van der Waals surface area contributed by atoms with Crippen LogP contribution < -0.4 is 0 Å². The Morgan fingerprint density at radius 2 is 2.10 bits per heavy atom. The highest BCUT2D eigenvalue weighted by Crippen LogP contribution is 2.50. The van der Waals surface area contributed by atoms with Crippen LogP contribution in [-0.2, 0) is 4.79 Å². The molecule has 21 heavy (non-hydrogen) atoms. The molecule has 3 nitrogen and oxygen atoms in total. The zero-order valence-electron chi connectivity index (χ0n) is 12.5. The number of carbonyl (C=O) groups is 1. The number of fused-ring (bicyclic) bond motifs is 3. The molecule has 2 saturated carbocycles. The first-order valence-corrected chi connectivity index (χ1v) is 9.05. The Bertz CT molecular complexity index is 565. The number of amides is 1. The lowest BCUT2D eigenvalue weighted by atomic mass is 9.65. The van der Waals surface area contributed by atoms with E-state index < -0.39 is 0 Å². The Balaban J connectivity index is 1.70. The molecule has 2 heterocycles. The number of carbonyl (C=O) groups excluding carboxylic acids is 1. The lowest BCUT2D eigenvalue weighted by molar-refractivity contribution is -0.131. The van der Waals surface area contributed by atoms with Gasteiger partial charge in [0.15, 0.2) is 0 Å². The van der Waals surface area contributed by atoms with Gasteiger partial charge in [0.2, 0.25) is 5.91 Å². The topological polar surface area (TPSA) is 32.7 Å². The third-order valence-corrected chi connectivity index (χ3v) is 6.49. The van der Waals surface area contributed by atoms with E-state index in [1.54, 1.807) is 23.3 Å². The van der Waals surface area contributed by atoms with Crippen LogP contribution in [0.15, 0.2) is 22.6 Å². The zero-order valence-corrected chi connectivity index (χ0v) is 13.3. The van der Waals surface area contributed by atoms with Crippen molar-refractivity contribution < 1.29 is 4.79 Å². The first-order chi connectivity index (χ1) is 10.3. The van der Waals surface area contributed by atoms with E-state index in [1.807, 2.05) is 0 Å². The fraction of sp³-hybridized carbons (Fsp3) is 0.647. The second-order valence-electron chi connectivity index (χ2n) is 6.68. The van der Waals surface area contributed by atoms with Gasteiger partial charge in [0.1, 0.15) is 0 Å². The molecule has 4 atom stereocenters. The Kier molecular flexibility index (Phi) is 3.37. The van der Waals surface area contributed by atoms with E-state index in [0.29, 0.717) is 11.8 Å². The van der Waals surface area contributed by atoms with Crippen LogP contribution in [0.4, 0.5) is 0 Å². The van der Waals surface area contributed by atoms with Crippen molar-refractivity contribution in [2.75, 3.05) is 0 Å². The average Bonchev–Trinajstić information content (AvgIpc) is 3.13. The second kappa shape index (κ2) is 5.24. The van der Waals surface area contributed by atoms with E-state index in [2.05, 4.69) is 17.5 Å². The van der Waals surface area contributed by atoms with Crippen molar-refractivity contribution in [2.24, 2.45) is 22.9 Å². The Morgan fingerprint density at radius 3 is 2.86 bits per heavy atom. The molecular weight excluding hydrogens is 280 g/mol. The van der Waals surface area contributed by atoms with Crippen molar-refractivity contribution in [1.82, 2.24) is 5.01 Å². The largest absolute Gasteiger partial charge is 0.273 e. The molecule has 4 unspecified atom stereocenters. The van der Waals surface area contributed by atoms with Crippen LogP contribution in [0.25, 0.3) is 0 Å². The summed E-state index contributed by atoms with van der Waals surface area (Å²) in [5.74, 6) is 2.02. The number of rotatable bonds is 1. The molecule has 3 aliphatic rings. The molecule has 2 aliphatic carbocycles. The third kappa shape index (κ3) is 2.15. The van der Waals surface area contributed by atoms with Crippen LogP contribution in [0.1, 0.15) is 56.4 Å². The molecule has 0 bridgehead atoms. The van der Waals surface area contributed by atoms with Gasteiger partial charge in [0, 0.05) is 29.3 Å². The molecule has 2 fully saturated rings. The predicted octanol–water partition coefficient (Wildman–Crippen LogP) is 4.22. The van der Waals surface area contributed by atoms with Crippen molar-refractivity contribution in [3.05, 3.63) is 22.4 Å². The van der Waals surface area contributed by atoms with Gasteiger partial charge in [-0.15, -0.1) is 11.3 Å². The highest BCUT2D eigenvalue weighted by molar-refractivity contribution is 7.10. The van der Waals surface area contributed by atoms with Gasteiger partial charge in [-0.2, -0.15) is 5.10 Å². The van der Waals surface area contributed by atoms with Gasteiger partial charge in [0.25, 0.3) is 0 Å². The lowest BCUT2D eigenvalue weighted by Crippen LogP contribution is -2.37. The van der Waals surface area contributed by atoms with Crippen molar-refractivity contribution in [2.45, 2.75) is 51.5 Å². The quantitative estimate of drug-likeness (QED) is 0.764. The van der Waals surface area contributed by atoms with Crippen LogP contribution in [0.2, 0.25) is 0 Å². The SMILES string of the molecule is CC(=O)N1N=C2C3CCCCC3CCC2C1c1cccs1. The molecule has 0 aromatic carbocycles. The number of thiophene rings is 1. The van der Waals surface area contributed by atoms with E-state index in [0.717, 1.165) is 5.92 Å². The zero-order chi connectivity index (χ0) is 14.4. The smallest absolute Gasteiger partial charge is 0.240 e. The van der Waals surface area contributed by atoms with Crippen molar-refractivity contribution in [1.29, 1.82) is 0 Å². The molecule has 0 spiro atoms. The van der Waals surface area contributed by atoms with Gasteiger partial charge in [0.05, 0.1) is 6.04 Å². The lowest BCUT2D eigenvalue weighted by Gasteiger charge is -2.39. The number of hydrogen-bond donors (Lipinski definition) is 0. The van der Waals surface area contributed by atoms with Gasteiger partial charge in [-0.1, -0.05) is 18.9 Å². The Hall–Kier alpha value is -1.16. The van der Waals surface area contributed by atoms with Gasteiger partial charge in [-0.3, -0.25) is 4.79 Å². The van der Waals surface area contributed by atoms with E-state index in [9.17, 15) is 4.79 Å². The van der Waals surface area contributed by atoms with E-state index in [-0.39, 0.29) is 11.9 Å². The van der Waals surface area contributed by atoms with Crippen LogP contribution in [0.3, 0.4) is 0 Å². The van der Waals surface area contributed by atoms with Crippen LogP contribution >= 0.6 is 11.3 Å². The van der Waals surface area contributed by atoms with Crippen LogP contribution in [-0.4, -0.2) is 16.6 Å². The normalized spacial score (nSPS) is 35.1.